The van der Waals surface area contributed by atoms with E-state index in [1.165, 1.54) is 29.6 Å². The summed E-state index contributed by atoms with van der Waals surface area (Å²) in [7, 11) is -2.61. The second kappa shape index (κ2) is 7.80. The lowest BCUT2D eigenvalue weighted by molar-refractivity contribution is 0.415. The highest BCUT2D eigenvalue weighted by Gasteiger charge is 2.28. The molecule has 0 aliphatic rings. The summed E-state index contributed by atoms with van der Waals surface area (Å²) in [5.41, 5.74) is 2.22. The van der Waals surface area contributed by atoms with Gasteiger partial charge >= 0.3 is 0 Å². The van der Waals surface area contributed by atoms with Crippen LogP contribution in [0.3, 0.4) is 0 Å². The van der Waals surface area contributed by atoms with Gasteiger partial charge in [-0.1, -0.05) is 48.0 Å². The van der Waals surface area contributed by atoms with Gasteiger partial charge in [-0.2, -0.15) is 0 Å². The summed E-state index contributed by atoms with van der Waals surface area (Å²) in [6.45, 7) is 2.01. The number of hydrogen-bond donors (Lipinski definition) is 0. The van der Waals surface area contributed by atoms with Gasteiger partial charge in [-0.05, 0) is 36.8 Å². The van der Waals surface area contributed by atoms with E-state index in [1.807, 2.05) is 31.2 Å². The molecule has 0 heterocycles. The molecule has 0 bridgehead atoms. The van der Waals surface area contributed by atoms with Crippen molar-refractivity contribution in [1.82, 2.24) is 0 Å². The van der Waals surface area contributed by atoms with Crippen molar-refractivity contribution in [3.63, 3.8) is 0 Å². The van der Waals surface area contributed by atoms with Gasteiger partial charge < -0.3 is 4.74 Å². The van der Waals surface area contributed by atoms with Crippen molar-refractivity contribution in [2.45, 2.75) is 18.4 Å². The van der Waals surface area contributed by atoms with Gasteiger partial charge in [0.15, 0.2) is 0 Å². The number of sulfonamides is 1. The molecule has 140 valence electrons. The third-order valence-electron chi connectivity index (χ3n) is 4.15. The molecule has 0 spiro atoms. The maximum Gasteiger partial charge on any atom is 0.267 e. The Hall–Kier alpha value is -2.86. The Morgan fingerprint density at radius 2 is 1.70 bits per heavy atom. The van der Waals surface area contributed by atoms with Gasteiger partial charge in [0.05, 0.1) is 19.3 Å². The zero-order valence-electron chi connectivity index (χ0n) is 15.1. The number of nitrogens with zero attached hydrogens (tertiary/aromatic N) is 1. The smallest absolute Gasteiger partial charge is 0.267 e. The topological polar surface area (TPSA) is 46.6 Å². The Bertz CT molecular complexity index is 1050. The standard InChI is InChI=1S/C21H20FNO3S/c1-16-7-5-8-17(13-16)15-23(18-9-6-10-19(14-18)26-2)27(24,25)21-12-4-3-11-20(21)22/h3-14H,15H2,1-2H3. The molecule has 6 heteroatoms. The molecule has 27 heavy (non-hydrogen) atoms. The van der Waals surface area contributed by atoms with E-state index in [1.54, 1.807) is 24.3 Å². The van der Waals surface area contributed by atoms with Crippen LogP contribution in [0.1, 0.15) is 11.1 Å². The van der Waals surface area contributed by atoms with Crippen molar-refractivity contribution in [3.8, 4) is 5.75 Å². The lowest BCUT2D eigenvalue weighted by Crippen LogP contribution is -2.31. The number of hydrogen-bond acceptors (Lipinski definition) is 3. The van der Waals surface area contributed by atoms with Crippen LogP contribution >= 0.6 is 0 Å². The molecule has 0 fully saturated rings. The highest BCUT2D eigenvalue weighted by Crippen LogP contribution is 2.29. The largest absolute Gasteiger partial charge is 0.497 e. The molecule has 0 saturated heterocycles. The van der Waals surface area contributed by atoms with Crippen LogP contribution in [-0.2, 0) is 16.6 Å². The summed E-state index contributed by atoms with van der Waals surface area (Å²) in [6, 6.07) is 19.6. The number of benzene rings is 3. The Labute approximate surface area is 158 Å². The van der Waals surface area contributed by atoms with Gasteiger partial charge in [-0.15, -0.1) is 0 Å². The SMILES string of the molecule is COc1cccc(N(Cc2cccc(C)c2)S(=O)(=O)c2ccccc2F)c1. The van der Waals surface area contributed by atoms with E-state index in [0.717, 1.165) is 17.2 Å². The molecule has 0 atom stereocenters. The molecule has 3 aromatic carbocycles. The molecule has 4 nitrogen and oxygen atoms in total. The maximum absolute atomic E-state index is 14.3. The second-order valence-electron chi connectivity index (χ2n) is 6.13. The van der Waals surface area contributed by atoms with Crippen LogP contribution in [0.4, 0.5) is 10.1 Å². The van der Waals surface area contributed by atoms with Crippen LogP contribution in [0.25, 0.3) is 0 Å². The third-order valence-corrected chi connectivity index (χ3v) is 5.96. The van der Waals surface area contributed by atoms with E-state index >= 15 is 0 Å². The molecule has 3 aromatic rings. The molecular formula is C21H20FNO3S. The average molecular weight is 385 g/mol. The Morgan fingerprint density at radius 1 is 0.963 bits per heavy atom. The summed E-state index contributed by atoms with van der Waals surface area (Å²) in [6.07, 6.45) is 0. The quantitative estimate of drug-likeness (QED) is 0.626. The number of ether oxygens (including phenoxy) is 1. The predicted molar refractivity (Wildman–Crippen MR) is 104 cm³/mol. The number of halogens is 1. The van der Waals surface area contributed by atoms with Crippen molar-refractivity contribution in [3.05, 3.63) is 89.7 Å². The fourth-order valence-electron chi connectivity index (χ4n) is 2.83. The predicted octanol–water partition coefficient (Wildman–Crippen LogP) is 4.54. The van der Waals surface area contributed by atoms with Gasteiger partial charge in [0.25, 0.3) is 10.0 Å². The minimum absolute atomic E-state index is 0.0749. The van der Waals surface area contributed by atoms with Gasteiger partial charge in [0.1, 0.15) is 16.5 Å². The minimum atomic E-state index is -4.12. The first kappa shape index (κ1) is 18.9. The van der Waals surface area contributed by atoms with Crippen molar-refractivity contribution in [2.75, 3.05) is 11.4 Å². The Balaban J connectivity index is 2.13. The molecule has 0 N–H and O–H groups in total. The molecule has 0 radical (unpaired) electrons. The number of anilines is 1. The van der Waals surface area contributed by atoms with Gasteiger partial charge in [0, 0.05) is 6.07 Å². The lowest BCUT2D eigenvalue weighted by Gasteiger charge is -2.25. The second-order valence-corrected chi connectivity index (χ2v) is 7.96. The summed E-state index contributed by atoms with van der Waals surface area (Å²) in [5.74, 6) is -0.264. The van der Waals surface area contributed by atoms with Gasteiger partial charge in [0.2, 0.25) is 0 Å². The average Bonchev–Trinajstić information content (AvgIpc) is 2.66. The molecule has 0 unspecified atom stereocenters. The van der Waals surface area contributed by atoms with E-state index < -0.39 is 15.8 Å². The van der Waals surface area contributed by atoms with Gasteiger partial charge in [-0.25, -0.2) is 12.8 Å². The van der Waals surface area contributed by atoms with E-state index in [9.17, 15) is 12.8 Å². The zero-order chi connectivity index (χ0) is 19.4. The first-order chi connectivity index (χ1) is 12.9. The zero-order valence-corrected chi connectivity index (χ0v) is 15.9. The van der Waals surface area contributed by atoms with Crippen LogP contribution in [-0.4, -0.2) is 15.5 Å². The molecular weight excluding hydrogens is 365 g/mol. The summed E-state index contributed by atoms with van der Waals surface area (Å²) < 4.78 is 47.3. The summed E-state index contributed by atoms with van der Waals surface area (Å²) >= 11 is 0. The third kappa shape index (κ3) is 4.11. The highest BCUT2D eigenvalue weighted by molar-refractivity contribution is 7.92. The maximum atomic E-state index is 14.3. The molecule has 3 rings (SSSR count). The van der Waals surface area contributed by atoms with Crippen LogP contribution in [0.15, 0.2) is 77.7 Å². The monoisotopic (exact) mass is 385 g/mol. The molecule has 0 aliphatic carbocycles. The molecule has 0 aromatic heterocycles. The minimum Gasteiger partial charge on any atom is -0.497 e. The van der Waals surface area contributed by atoms with E-state index in [4.69, 9.17) is 4.74 Å². The normalized spacial score (nSPS) is 11.2. The van der Waals surface area contributed by atoms with Crippen LogP contribution in [0, 0.1) is 12.7 Å². The Kier molecular flexibility index (Phi) is 5.46. The van der Waals surface area contributed by atoms with Crippen LogP contribution in [0.2, 0.25) is 0 Å². The van der Waals surface area contributed by atoms with E-state index in [0.29, 0.717) is 11.4 Å². The van der Waals surface area contributed by atoms with Crippen molar-refractivity contribution in [1.29, 1.82) is 0 Å². The van der Waals surface area contributed by atoms with Crippen LogP contribution in [0.5, 0.6) is 5.75 Å². The molecule has 0 saturated carbocycles. The summed E-state index contributed by atoms with van der Waals surface area (Å²) in [4.78, 5) is -0.361. The van der Waals surface area contributed by atoms with E-state index in [2.05, 4.69) is 0 Å². The van der Waals surface area contributed by atoms with E-state index in [-0.39, 0.29) is 11.4 Å². The lowest BCUT2D eigenvalue weighted by atomic mass is 10.1. The summed E-state index contributed by atoms with van der Waals surface area (Å²) in [5, 5.41) is 0. The molecule has 0 amide bonds. The first-order valence-corrected chi connectivity index (χ1v) is 9.82. The Morgan fingerprint density at radius 3 is 2.41 bits per heavy atom. The first-order valence-electron chi connectivity index (χ1n) is 8.38. The number of rotatable bonds is 6. The van der Waals surface area contributed by atoms with Crippen molar-refractivity contribution in [2.24, 2.45) is 0 Å². The molecule has 0 aliphatic heterocycles. The fraction of sp³-hybridized carbons (Fsp3) is 0.143. The van der Waals surface area contributed by atoms with Crippen LogP contribution < -0.4 is 9.04 Å². The van der Waals surface area contributed by atoms with Gasteiger partial charge in [-0.3, -0.25) is 4.31 Å². The fourth-order valence-corrected chi connectivity index (χ4v) is 4.34. The number of methoxy groups -OCH3 is 1. The van der Waals surface area contributed by atoms with Crippen molar-refractivity contribution < 1.29 is 17.5 Å². The number of aryl methyl sites for hydroxylation is 1. The highest BCUT2D eigenvalue weighted by atomic mass is 32.2. The van der Waals surface area contributed by atoms with Crippen molar-refractivity contribution >= 4 is 15.7 Å².